The Morgan fingerprint density at radius 2 is 1.95 bits per heavy atom. The van der Waals surface area contributed by atoms with Crippen molar-refractivity contribution in [2.75, 3.05) is 13.7 Å². The van der Waals surface area contributed by atoms with E-state index < -0.39 is 0 Å². The van der Waals surface area contributed by atoms with Crippen LogP contribution in [0.25, 0.3) is 21.9 Å². The summed E-state index contributed by atoms with van der Waals surface area (Å²) in [5, 5.41) is 4.55. The van der Waals surface area contributed by atoms with Gasteiger partial charge in [0.25, 0.3) is 5.91 Å². The zero-order chi connectivity index (χ0) is 13.2. The fourth-order valence-corrected chi connectivity index (χ4v) is 2.02. The Morgan fingerprint density at radius 1 is 1.16 bits per heavy atom. The van der Waals surface area contributed by atoms with E-state index in [2.05, 4.69) is 5.32 Å². The Bertz CT molecular complexity index is 745. The van der Waals surface area contributed by atoms with Gasteiger partial charge >= 0.3 is 0 Å². The first-order valence-corrected chi connectivity index (χ1v) is 6.02. The summed E-state index contributed by atoms with van der Waals surface area (Å²) in [6.45, 7) is 0.0117. The highest BCUT2D eigenvalue weighted by Gasteiger charge is 2.08. The van der Waals surface area contributed by atoms with Gasteiger partial charge in [-0.15, -0.1) is 0 Å². The van der Waals surface area contributed by atoms with Gasteiger partial charge in [0.1, 0.15) is 16.9 Å². The van der Waals surface area contributed by atoms with Crippen LogP contribution < -0.4 is 10.1 Å². The van der Waals surface area contributed by atoms with E-state index in [1.807, 2.05) is 36.4 Å². The van der Waals surface area contributed by atoms with Crippen molar-refractivity contribution in [3.8, 4) is 5.75 Å². The average molecular weight is 255 g/mol. The Kier molecular flexibility index (Phi) is 2.83. The lowest BCUT2D eigenvalue weighted by Gasteiger charge is -2.04. The summed E-state index contributed by atoms with van der Waals surface area (Å²) in [6.07, 6.45) is 0. The molecule has 0 saturated heterocycles. The summed E-state index contributed by atoms with van der Waals surface area (Å²) in [5.74, 6) is 0.500. The van der Waals surface area contributed by atoms with Gasteiger partial charge in [-0.2, -0.15) is 0 Å². The highest BCUT2D eigenvalue weighted by atomic mass is 16.5. The molecule has 1 heterocycles. The molecule has 1 amide bonds. The molecule has 0 atom stereocenters. The molecule has 0 aliphatic heterocycles. The number of fused-ring (bicyclic) bond motifs is 3. The van der Waals surface area contributed by atoms with E-state index in [1.54, 1.807) is 13.1 Å². The van der Waals surface area contributed by atoms with Crippen molar-refractivity contribution in [3.05, 3.63) is 42.5 Å². The van der Waals surface area contributed by atoms with Crippen molar-refractivity contribution in [2.24, 2.45) is 0 Å². The molecule has 0 unspecified atom stereocenters. The third-order valence-corrected chi connectivity index (χ3v) is 3.00. The number of rotatable bonds is 3. The lowest BCUT2D eigenvalue weighted by molar-refractivity contribution is -0.122. The maximum absolute atomic E-state index is 11.2. The third-order valence-electron chi connectivity index (χ3n) is 3.00. The second-order valence-electron chi connectivity index (χ2n) is 4.22. The van der Waals surface area contributed by atoms with E-state index in [0.717, 1.165) is 21.9 Å². The number of likely N-dealkylation sites (N-methyl/N-ethyl adjacent to an activating group) is 1. The summed E-state index contributed by atoms with van der Waals surface area (Å²) in [6, 6.07) is 13.4. The van der Waals surface area contributed by atoms with E-state index in [9.17, 15) is 4.79 Å². The molecule has 4 heteroatoms. The smallest absolute Gasteiger partial charge is 0.257 e. The molecule has 0 radical (unpaired) electrons. The van der Waals surface area contributed by atoms with Crippen LogP contribution in [0, 0.1) is 0 Å². The molecule has 3 aromatic rings. The number of nitrogens with one attached hydrogen (secondary N) is 1. The second-order valence-corrected chi connectivity index (χ2v) is 4.22. The maximum atomic E-state index is 11.2. The van der Waals surface area contributed by atoms with Gasteiger partial charge in [0.05, 0.1) is 0 Å². The molecule has 0 fully saturated rings. The molecule has 2 aromatic carbocycles. The van der Waals surface area contributed by atoms with E-state index in [0.29, 0.717) is 5.75 Å². The van der Waals surface area contributed by atoms with Crippen LogP contribution in [-0.2, 0) is 4.79 Å². The minimum atomic E-state index is -0.155. The van der Waals surface area contributed by atoms with Crippen LogP contribution in [0.3, 0.4) is 0 Å². The van der Waals surface area contributed by atoms with Crippen molar-refractivity contribution in [1.82, 2.24) is 5.32 Å². The van der Waals surface area contributed by atoms with Gasteiger partial charge < -0.3 is 14.5 Å². The summed E-state index contributed by atoms with van der Waals surface area (Å²) in [5.41, 5.74) is 1.66. The lowest BCUT2D eigenvalue weighted by atomic mass is 10.1. The number of hydrogen-bond donors (Lipinski definition) is 1. The van der Waals surface area contributed by atoms with Crippen LogP contribution in [0.5, 0.6) is 5.75 Å². The number of amides is 1. The fourth-order valence-electron chi connectivity index (χ4n) is 2.02. The number of ether oxygens (including phenoxy) is 1. The van der Waals surface area contributed by atoms with Gasteiger partial charge in [-0.25, -0.2) is 0 Å². The zero-order valence-electron chi connectivity index (χ0n) is 10.5. The van der Waals surface area contributed by atoms with Gasteiger partial charge in [-0.3, -0.25) is 4.79 Å². The number of furan rings is 1. The van der Waals surface area contributed by atoms with Crippen LogP contribution >= 0.6 is 0 Å². The monoisotopic (exact) mass is 255 g/mol. The quantitative estimate of drug-likeness (QED) is 0.782. The van der Waals surface area contributed by atoms with Crippen LogP contribution in [0.1, 0.15) is 0 Å². The van der Waals surface area contributed by atoms with Crippen LogP contribution in [0.15, 0.2) is 46.9 Å². The summed E-state index contributed by atoms with van der Waals surface area (Å²) >= 11 is 0. The molecule has 0 aliphatic carbocycles. The molecule has 19 heavy (non-hydrogen) atoms. The topological polar surface area (TPSA) is 51.5 Å². The Balaban J connectivity index is 1.99. The van der Waals surface area contributed by atoms with Crippen LogP contribution in [-0.4, -0.2) is 19.6 Å². The lowest BCUT2D eigenvalue weighted by Crippen LogP contribution is -2.24. The van der Waals surface area contributed by atoms with Gasteiger partial charge in [-0.1, -0.05) is 18.2 Å². The fraction of sp³-hybridized carbons (Fsp3) is 0.133. The van der Waals surface area contributed by atoms with E-state index in [4.69, 9.17) is 9.15 Å². The van der Waals surface area contributed by atoms with Crippen molar-refractivity contribution in [2.45, 2.75) is 0 Å². The highest BCUT2D eigenvalue weighted by molar-refractivity contribution is 6.05. The molecule has 0 aliphatic rings. The molecule has 0 saturated carbocycles. The predicted molar refractivity (Wildman–Crippen MR) is 73.3 cm³/mol. The summed E-state index contributed by atoms with van der Waals surface area (Å²) in [7, 11) is 1.58. The molecule has 4 nitrogen and oxygen atoms in total. The van der Waals surface area contributed by atoms with Crippen LogP contribution in [0.4, 0.5) is 0 Å². The number of carbonyl (C=O) groups excluding carboxylic acids is 1. The van der Waals surface area contributed by atoms with Gasteiger partial charge in [0, 0.05) is 17.8 Å². The predicted octanol–water partition coefficient (Wildman–Crippen LogP) is 2.71. The van der Waals surface area contributed by atoms with E-state index in [-0.39, 0.29) is 12.5 Å². The first-order valence-electron chi connectivity index (χ1n) is 6.02. The van der Waals surface area contributed by atoms with Crippen LogP contribution in [0.2, 0.25) is 0 Å². The Labute approximate surface area is 110 Å². The highest BCUT2D eigenvalue weighted by Crippen LogP contribution is 2.31. The molecule has 0 spiro atoms. The Morgan fingerprint density at radius 3 is 2.79 bits per heavy atom. The first-order chi connectivity index (χ1) is 9.28. The van der Waals surface area contributed by atoms with E-state index in [1.165, 1.54) is 0 Å². The first kappa shape index (κ1) is 11.6. The second kappa shape index (κ2) is 4.65. The summed E-state index contributed by atoms with van der Waals surface area (Å²) in [4.78, 5) is 11.2. The van der Waals surface area contributed by atoms with Gasteiger partial charge in [-0.05, 0) is 24.3 Å². The molecule has 1 aromatic heterocycles. The number of carbonyl (C=O) groups is 1. The maximum Gasteiger partial charge on any atom is 0.257 e. The van der Waals surface area contributed by atoms with Crippen molar-refractivity contribution < 1.29 is 13.9 Å². The molecular formula is C15H13NO3. The number of para-hydroxylation sites is 1. The Hall–Kier alpha value is -2.49. The molecule has 0 bridgehead atoms. The molecule has 1 N–H and O–H groups in total. The number of benzene rings is 2. The summed E-state index contributed by atoms with van der Waals surface area (Å²) < 4.78 is 11.2. The standard InChI is InChI=1S/C15H13NO3/c1-16-15(17)9-18-10-6-7-14-12(8-10)11-4-2-3-5-13(11)19-14/h2-8H,9H2,1H3,(H,16,17). The van der Waals surface area contributed by atoms with E-state index >= 15 is 0 Å². The van der Waals surface area contributed by atoms with Crippen molar-refractivity contribution >= 4 is 27.8 Å². The third kappa shape index (κ3) is 2.12. The number of hydrogen-bond acceptors (Lipinski definition) is 3. The normalized spacial score (nSPS) is 10.8. The zero-order valence-corrected chi connectivity index (χ0v) is 10.5. The largest absolute Gasteiger partial charge is 0.484 e. The van der Waals surface area contributed by atoms with Crippen molar-refractivity contribution in [3.63, 3.8) is 0 Å². The molecular weight excluding hydrogens is 242 g/mol. The van der Waals surface area contributed by atoms with Gasteiger partial charge in [0.15, 0.2) is 6.61 Å². The SMILES string of the molecule is CNC(=O)COc1ccc2oc3ccccc3c2c1. The molecule has 3 rings (SSSR count). The molecule has 96 valence electrons. The van der Waals surface area contributed by atoms with Gasteiger partial charge in [0.2, 0.25) is 0 Å². The average Bonchev–Trinajstić information content (AvgIpc) is 2.82. The minimum absolute atomic E-state index is 0.0117. The minimum Gasteiger partial charge on any atom is -0.484 e. The van der Waals surface area contributed by atoms with Crippen molar-refractivity contribution in [1.29, 1.82) is 0 Å².